The Morgan fingerprint density at radius 3 is 2.55 bits per heavy atom. The maximum absolute atomic E-state index is 11.0. The number of rotatable bonds is 4. The van der Waals surface area contributed by atoms with E-state index in [9.17, 15) is 4.79 Å². The van der Waals surface area contributed by atoms with Gasteiger partial charge in [-0.3, -0.25) is 0 Å². The SMILES string of the molecule is CC(C)(Cc1ccccc1C1CCCCC1)OC(N)=O. The number of hydrogen-bond donors (Lipinski definition) is 1. The molecule has 0 aliphatic heterocycles. The minimum atomic E-state index is -0.704. The highest BCUT2D eigenvalue weighted by molar-refractivity contribution is 5.65. The van der Waals surface area contributed by atoms with Gasteiger partial charge in [-0.05, 0) is 43.7 Å². The lowest BCUT2D eigenvalue weighted by Crippen LogP contribution is -2.33. The molecule has 2 rings (SSSR count). The molecule has 3 nitrogen and oxygen atoms in total. The van der Waals surface area contributed by atoms with Crippen molar-refractivity contribution in [3.63, 3.8) is 0 Å². The molecule has 1 saturated carbocycles. The van der Waals surface area contributed by atoms with Crippen LogP contribution in [0, 0.1) is 0 Å². The Morgan fingerprint density at radius 1 is 1.25 bits per heavy atom. The largest absolute Gasteiger partial charge is 0.443 e. The van der Waals surface area contributed by atoms with E-state index in [1.54, 1.807) is 0 Å². The second-order valence-corrected chi connectivity index (χ2v) is 6.39. The molecule has 0 unspecified atom stereocenters. The van der Waals surface area contributed by atoms with Gasteiger partial charge in [0.15, 0.2) is 0 Å². The first-order chi connectivity index (χ1) is 9.48. The molecule has 1 fully saturated rings. The van der Waals surface area contributed by atoms with Crippen LogP contribution in [0.1, 0.15) is 63.0 Å². The normalized spacial score (nSPS) is 16.9. The van der Waals surface area contributed by atoms with Crippen molar-refractivity contribution >= 4 is 6.09 Å². The van der Waals surface area contributed by atoms with E-state index in [1.807, 2.05) is 13.8 Å². The number of carbonyl (C=O) groups is 1. The zero-order valence-corrected chi connectivity index (χ0v) is 12.5. The Balaban J connectivity index is 2.17. The summed E-state index contributed by atoms with van der Waals surface area (Å²) < 4.78 is 5.22. The van der Waals surface area contributed by atoms with Gasteiger partial charge in [-0.15, -0.1) is 0 Å². The van der Waals surface area contributed by atoms with E-state index in [0.29, 0.717) is 12.3 Å². The topological polar surface area (TPSA) is 52.3 Å². The minimum Gasteiger partial charge on any atom is -0.443 e. The highest BCUT2D eigenvalue weighted by Gasteiger charge is 2.25. The lowest BCUT2D eigenvalue weighted by atomic mass is 9.80. The van der Waals surface area contributed by atoms with Gasteiger partial charge in [0.25, 0.3) is 0 Å². The second kappa shape index (κ2) is 6.29. The van der Waals surface area contributed by atoms with Crippen LogP contribution in [-0.2, 0) is 11.2 Å². The summed E-state index contributed by atoms with van der Waals surface area (Å²) >= 11 is 0. The van der Waals surface area contributed by atoms with Crippen molar-refractivity contribution in [2.75, 3.05) is 0 Å². The van der Waals surface area contributed by atoms with Gasteiger partial charge in [0, 0.05) is 6.42 Å². The minimum absolute atomic E-state index is 0.559. The molecular weight excluding hydrogens is 250 g/mol. The first-order valence-corrected chi connectivity index (χ1v) is 7.54. The van der Waals surface area contributed by atoms with Gasteiger partial charge in [-0.1, -0.05) is 43.5 Å². The van der Waals surface area contributed by atoms with Crippen LogP contribution in [0.15, 0.2) is 24.3 Å². The molecule has 1 aromatic carbocycles. The van der Waals surface area contributed by atoms with Gasteiger partial charge in [0.05, 0.1) is 0 Å². The highest BCUT2D eigenvalue weighted by atomic mass is 16.6. The van der Waals surface area contributed by atoms with Crippen molar-refractivity contribution in [2.45, 2.75) is 63.9 Å². The summed E-state index contributed by atoms with van der Waals surface area (Å²) in [6, 6.07) is 8.54. The third-order valence-electron chi connectivity index (χ3n) is 4.09. The van der Waals surface area contributed by atoms with E-state index in [-0.39, 0.29) is 0 Å². The number of nitrogens with two attached hydrogens (primary N) is 1. The van der Waals surface area contributed by atoms with E-state index in [4.69, 9.17) is 10.5 Å². The van der Waals surface area contributed by atoms with Crippen LogP contribution < -0.4 is 5.73 Å². The summed E-state index contributed by atoms with van der Waals surface area (Å²) in [6.45, 7) is 3.82. The number of benzene rings is 1. The molecule has 20 heavy (non-hydrogen) atoms. The molecule has 1 aliphatic carbocycles. The number of amides is 1. The van der Waals surface area contributed by atoms with Gasteiger partial charge in [-0.25, -0.2) is 4.79 Å². The maximum atomic E-state index is 11.0. The molecule has 2 N–H and O–H groups in total. The Bertz CT molecular complexity index is 462. The van der Waals surface area contributed by atoms with Gasteiger partial charge in [0.1, 0.15) is 5.60 Å². The van der Waals surface area contributed by atoms with Gasteiger partial charge < -0.3 is 10.5 Å². The number of primary amides is 1. The molecule has 1 aliphatic rings. The molecule has 1 amide bonds. The Labute approximate surface area is 121 Å². The molecule has 1 aromatic rings. The van der Waals surface area contributed by atoms with Crippen molar-refractivity contribution in [1.29, 1.82) is 0 Å². The Morgan fingerprint density at radius 2 is 1.90 bits per heavy atom. The summed E-state index contributed by atoms with van der Waals surface area (Å²) in [5.74, 6) is 0.657. The van der Waals surface area contributed by atoms with E-state index >= 15 is 0 Å². The summed E-state index contributed by atoms with van der Waals surface area (Å²) in [6.07, 6.45) is 6.55. The van der Waals surface area contributed by atoms with Gasteiger partial charge in [-0.2, -0.15) is 0 Å². The number of hydrogen-bond acceptors (Lipinski definition) is 2. The average molecular weight is 275 g/mol. The number of carbonyl (C=O) groups excluding carboxylic acids is 1. The Hall–Kier alpha value is -1.51. The highest BCUT2D eigenvalue weighted by Crippen LogP contribution is 2.35. The van der Waals surface area contributed by atoms with Gasteiger partial charge >= 0.3 is 6.09 Å². The summed E-state index contributed by atoms with van der Waals surface area (Å²) in [5, 5.41) is 0. The molecule has 0 radical (unpaired) electrons. The van der Waals surface area contributed by atoms with Crippen LogP contribution in [-0.4, -0.2) is 11.7 Å². The standard InChI is InChI=1S/C17H25NO2/c1-17(2,20-16(18)19)12-14-10-6-7-11-15(14)13-8-4-3-5-9-13/h6-7,10-11,13H,3-5,8-9,12H2,1-2H3,(H2,18,19). The fraction of sp³-hybridized carbons (Fsp3) is 0.588. The molecule has 0 aromatic heterocycles. The van der Waals surface area contributed by atoms with Crippen molar-refractivity contribution < 1.29 is 9.53 Å². The molecule has 0 spiro atoms. The van der Waals surface area contributed by atoms with E-state index in [2.05, 4.69) is 24.3 Å². The van der Waals surface area contributed by atoms with E-state index in [1.165, 1.54) is 43.2 Å². The zero-order valence-electron chi connectivity index (χ0n) is 12.5. The first kappa shape index (κ1) is 14.9. The van der Waals surface area contributed by atoms with Crippen molar-refractivity contribution in [3.8, 4) is 0 Å². The van der Waals surface area contributed by atoms with Crippen LogP contribution in [0.25, 0.3) is 0 Å². The predicted molar refractivity (Wildman–Crippen MR) is 80.7 cm³/mol. The summed E-state index contributed by atoms with van der Waals surface area (Å²) in [5.41, 5.74) is 7.30. The molecule has 0 atom stereocenters. The van der Waals surface area contributed by atoms with Crippen LogP contribution in [0.5, 0.6) is 0 Å². The van der Waals surface area contributed by atoms with Crippen LogP contribution >= 0.6 is 0 Å². The monoisotopic (exact) mass is 275 g/mol. The maximum Gasteiger partial charge on any atom is 0.405 e. The smallest absolute Gasteiger partial charge is 0.405 e. The molecular formula is C17H25NO2. The summed E-state index contributed by atoms with van der Waals surface area (Å²) in [7, 11) is 0. The van der Waals surface area contributed by atoms with Crippen LogP contribution in [0.2, 0.25) is 0 Å². The third kappa shape index (κ3) is 3.99. The lowest BCUT2D eigenvalue weighted by molar-refractivity contribution is 0.0458. The molecule has 110 valence electrons. The third-order valence-corrected chi connectivity index (χ3v) is 4.09. The quantitative estimate of drug-likeness (QED) is 0.897. The second-order valence-electron chi connectivity index (χ2n) is 6.39. The zero-order chi connectivity index (χ0) is 14.6. The van der Waals surface area contributed by atoms with Crippen molar-refractivity contribution in [3.05, 3.63) is 35.4 Å². The average Bonchev–Trinajstić information content (AvgIpc) is 2.38. The van der Waals surface area contributed by atoms with Crippen molar-refractivity contribution in [2.24, 2.45) is 5.73 Å². The predicted octanol–water partition coefficient (Wildman–Crippen LogP) is 4.15. The van der Waals surface area contributed by atoms with Crippen LogP contribution in [0.3, 0.4) is 0 Å². The number of ether oxygens (including phenoxy) is 1. The van der Waals surface area contributed by atoms with E-state index in [0.717, 1.165) is 0 Å². The molecule has 3 heteroatoms. The lowest BCUT2D eigenvalue weighted by Gasteiger charge is -2.28. The van der Waals surface area contributed by atoms with E-state index < -0.39 is 11.7 Å². The molecule has 0 heterocycles. The molecule has 0 bridgehead atoms. The summed E-state index contributed by atoms with van der Waals surface area (Å²) in [4.78, 5) is 11.0. The fourth-order valence-corrected chi connectivity index (χ4v) is 3.27. The molecule has 0 saturated heterocycles. The van der Waals surface area contributed by atoms with Crippen LogP contribution in [0.4, 0.5) is 4.79 Å². The van der Waals surface area contributed by atoms with Gasteiger partial charge in [0.2, 0.25) is 0 Å². The first-order valence-electron chi connectivity index (χ1n) is 7.54. The Kier molecular flexibility index (Phi) is 4.69. The fourth-order valence-electron chi connectivity index (χ4n) is 3.27. The van der Waals surface area contributed by atoms with Crippen molar-refractivity contribution in [1.82, 2.24) is 0 Å².